The van der Waals surface area contributed by atoms with E-state index in [9.17, 15) is 4.79 Å². The van der Waals surface area contributed by atoms with Crippen molar-refractivity contribution >= 4 is 34.2 Å². The summed E-state index contributed by atoms with van der Waals surface area (Å²) in [5.41, 5.74) is 0.959. The maximum absolute atomic E-state index is 12.0. The van der Waals surface area contributed by atoms with E-state index in [0.29, 0.717) is 12.6 Å². The third kappa shape index (κ3) is 3.21. The van der Waals surface area contributed by atoms with Gasteiger partial charge in [-0.3, -0.25) is 4.79 Å². The van der Waals surface area contributed by atoms with E-state index in [0.717, 1.165) is 28.9 Å². The van der Waals surface area contributed by atoms with Gasteiger partial charge in [0.2, 0.25) is 0 Å². The molecular weight excluding hydrogens is 304 g/mol. The van der Waals surface area contributed by atoms with Crippen molar-refractivity contribution in [2.45, 2.75) is 56.2 Å². The number of aromatic nitrogens is 1. The quantitative estimate of drug-likeness (QED) is 0.840. The van der Waals surface area contributed by atoms with Gasteiger partial charge >= 0.3 is 5.97 Å². The molecule has 1 aromatic rings. The lowest BCUT2D eigenvalue weighted by Gasteiger charge is -2.12. The van der Waals surface area contributed by atoms with Gasteiger partial charge in [-0.15, -0.1) is 11.3 Å². The van der Waals surface area contributed by atoms with Crippen LogP contribution in [0, 0.1) is 0 Å². The number of esters is 1. The largest absolute Gasteiger partial charge is 0.465 e. The van der Waals surface area contributed by atoms with Gasteiger partial charge in [-0.1, -0.05) is 0 Å². The van der Waals surface area contributed by atoms with E-state index in [4.69, 9.17) is 4.74 Å². The van der Waals surface area contributed by atoms with Crippen LogP contribution < -0.4 is 5.32 Å². The Labute approximate surface area is 134 Å². The SMILES string of the molecule is CCOC(=O)C1CCc2sc(NC3CCC(SC)C3)nc21. The number of nitrogens with one attached hydrogen (secondary N) is 1. The molecular formula is C15H22N2O2S2. The number of rotatable bonds is 5. The highest BCUT2D eigenvalue weighted by atomic mass is 32.2. The van der Waals surface area contributed by atoms with E-state index in [1.54, 1.807) is 11.3 Å². The number of nitrogens with zero attached hydrogens (tertiary/aromatic N) is 1. The zero-order valence-electron chi connectivity index (χ0n) is 12.6. The Morgan fingerprint density at radius 1 is 1.48 bits per heavy atom. The van der Waals surface area contributed by atoms with Crippen molar-refractivity contribution in [3.63, 3.8) is 0 Å². The van der Waals surface area contributed by atoms with Crippen molar-refractivity contribution in [1.82, 2.24) is 4.98 Å². The smallest absolute Gasteiger partial charge is 0.315 e. The van der Waals surface area contributed by atoms with Gasteiger partial charge in [0, 0.05) is 16.2 Å². The highest BCUT2D eigenvalue weighted by Crippen LogP contribution is 2.40. The Morgan fingerprint density at radius 3 is 3.05 bits per heavy atom. The van der Waals surface area contributed by atoms with Crippen molar-refractivity contribution in [2.24, 2.45) is 0 Å². The van der Waals surface area contributed by atoms with Crippen LogP contribution in [0.15, 0.2) is 0 Å². The number of anilines is 1. The summed E-state index contributed by atoms with van der Waals surface area (Å²) in [6, 6.07) is 0.537. The van der Waals surface area contributed by atoms with E-state index in [2.05, 4.69) is 16.6 Å². The predicted molar refractivity (Wildman–Crippen MR) is 88.4 cm³/mol. The summed E-state index contributed by atoms with van der Waals surface area (Å²) in [5.74, 6) is -0.259. The second-order valence-corrected chi connectivity index (χ2v) is 7.90. The van der Waals surface area contributed by atoms with Gasteiger partial charge in [-0.25, -0.2) is 4.98 Å². The van der Waals surface area contributed by atoms with E-state index < -0.39 is 0 Å². The molecule has 6 heteroatoms. The van der Waals surface area contributed by atoms with Crippen molar-refractivity contribution in [3.05, 3.63) is 10.6 Å². The van der Waals surface area contributed by atoms with Crippen molar-refractivity contribution in [3.8, 4) is 0 Å². The minimum Gasteiger partial charge on any atom is -0.465 e. The first kappa shape index (κ1) is 15.2. The molecule has 21 heavy (non-hydrogen) atoms. The fourth-order valence-electron chi connectivity index (χ4n) is 3.22. The lowest BCUT2D eigenvalue weighted by atomic mass is 10.1. The Balaban J connectivity index is 1.65. The number of carbonyl (C=O) groups excluding carboxylic acids is 1. The molecule has 0 spiro atoms. The van der Waals surface area contributed by atoms with Crippen LogP contribution in [0.4, 0.5) is 5.13 Å². The lowest BCUT2D eigenvalue weighted by molar-refractivity contribution is -0.145. The molecule has 0 saturated heterocycles. The number of hydrogen-bond donors (Lipinski definition) is 1. The number of thioether (sulfide) groups is 1. The Hall–Kier alpha value is -0.750. The topological polar surface area (TPSA) is 51.2 Å². The number of aryl methyl sites for hydroxylation is 1. The highest BCUT2D eigenvalue weighted by Gasteiger charge is 2.34. The normalized spacial score (nSPS) is 27.6. The first-order valence-corrected chi connectivity index (χ1v) is 9.77. The second-order valence-electron chi connectivity index (χ2n) is 5.68. The monoisotopic (exact) mass is 326 g/mol. The van der Waals surface area contributed by atoms with Gasteiger partial charge in [-0.05, 0) is 45.3 Å². The average molecular weight is 326 g/mol. The van der Waals surface area contributed by atoms with Gasteiger partial charge in [0.25, 0.3) is 0 Å². The summed E-state index contributed by atoms with van der Waals surface area (Å²) in [6.07, 6.45) is 7.72. The van der Waals surface area contributed by atoms with Crippen LogP contribution in [-0.4, -0.2) is 35.1 Å². The third-order valence-electron chi connectivity index (χ3n) is 4.33. The molecule has 1 fully saturated rings. The molecule has 4 nitrogen and oxygen atoms in total. The highest BCUT2D eigenvalue weighted by molar-refractivity contribution is 7.99. The van der Waals surface area contributed by atoms with Gasteiger partial charge in [-0.2, -0.15) is 11.8 Å². The van der Waals surface area contributed by atoms with E-state index in [-0.39, 0.29) is 11.9 Å². The van der Waals surface area contributed by atoms with Crippen molar-refractivity contribution in [1.29, 1.82) is 0 Å². The molecule has 1 N–H and O–H groups in total. The van der Waals surface area contributed by atoms with Gasteiger partial charge < -0.3 is 10.1 Å². The molecule has 3 unspecified atom stereocenters. The predicted octanol–water partition coefficient (Wildman–Crippen LogP) is 3.43. The molecule has 0 aromatic carbocycles. The molecule has 3 rings (SSSR count). The fraction of sp³-hybridized carbons (Fsp3) is 0.733. The molecule has 0 radical (unpaired) electrons. The summed E-state index contributed by atoms with van der Waals surface area (Å²) in [6.45, 7) is 2.29. The zero-order valence-corrected chi connectivity index (χ0v) is 14.2. The minimum atomic E-state index is -0.144. The molecule has 1 heterocycles. The van der Waals surface area contributed by atoms with Crippen LogP contribution in [0.2, 0.25) is 0 Å². The minimum absolute atomic E-state index is 0.114. The van der Waals surface area contributed by atoms with Crippen LogP contribution in [-0.2, 0) is 16.0 Å². The van der Waals surface area contributed by atoms with E-state index in [1.807, 2.05) is 18.7 Å². The van der Waals surface area contributed by atoms with E-state index >= 15 is 0 Å². The summed E-state index contributed by atoms with van der Waals surface area (Å²) in [7, 11) is 0. The fourth-order valence-corrected chi connectivity index (χ4v) is 5.13. The standard InChI is InChI=1S/C15H22N2O2S2/c1-3-19-14(18)11-6-7-12-13(11)17-15(21-12)16-9-4-5-10(8-9)20-2/h9-11H,3-8H2,1-2H3,(H,16,17). The Morgan fingerprint density at radius 2 is 2.33 bits per heavy atom. The summed E-state index contributed by atoms with van der Waals surface area (Å²) in [4.78, 5) is 17.9. The molecule has 2 aliphatic rings. The molecule has 116 valence electrons. The molecule has 3 atom stereocenters. The number of fused-ring (bicyclic) bond motifs is 1. The van der Waals surface area contributed by atoms with Crippen LogP contribution in [0.25, 0.3) is 0 Å². The van der Waals surface area contributed by atoms with Gasteiger partial charge in [0.05, 0.1) is 12.3 Å². The maximum Gasteiger partial charge on any atom is 0.315 e. The first-order chi connectivity index (χ1) is 10.2. The summed E-state index contributed by atoms with van der Waals surface area (Å²) >= 11 is 3.68. The molecule has 2 aliphatic carbocycles. The van der Waals surface area contributed by atoms with E-state index in [1.165, 1.54) is 24.1 Å². The number of thiazole rings is 1. The Bertz CT molecular complexity index is 518. The first-order valence-electron chi connectivity index (χ1n) is 7.66. The number of hydrogen-bond acceptors (Lipinski definition) is 6. The third-order valence-corrected chi connectivity index (χ3v) is 6.49. The second kappa shape index (κ2) is 6.57. The van der Waals surface area contributed by atoms with Crippen LogP contribution >= 0.6 is 23.1 Å². The summed E-state index contributed by atoms with van der Waals surface area (Å²) < 4.78 is 5.16. The number of ether oxygens (including phenoxy) is 1. The maximum atomic E-state index is 12.0. The molecule has 0 aliphatic heterocycles. The van der Waals surface area contributed by atoms with Crippen LogP contribution in [0.5, 0.6) is 0 Å². The van der Waals surface area contributed by atoms with Gasteiger partial charge in [0.1, 0.15) is 5.92 Å². The van der Waals surface area contributed by atoms with Crippen LogP contribution in [0.1, 0.15) is 49.1 Å². The molecule has 1 aromatic heterocycles. The molecule has 1 saturated carbocycles. The van der Waals surface area contributed by atoms with Crippen LogP contribution in [0.3, 0.4) is 0 Å². The summed E-state index contributed by atoms with van der Waals surface area (Å²) in [5, 5.41) is 5.33. The molecule has 0 bridgehead atoms. The van der Waals surface area contributed by atoms with Gasteiger partial charge in [0.15, 0.2) is 5.13 Å². The average Bonchev–Trinajstić information content (AvgIpc) is 3.14. The number of carbonyl (C=O) groups is 1. The zero-order chi connectivity index (χ0) is 14.8. The van der Waals surface area contributed by atoms with Crippen molar-refractivity contribution in [2.75, 3.05) is 18.2 Å². The molecule has 0 amide bonds. The lowest BCUT2D eigenvalue weighted by Crippen LogP contribution is -2.17. The van der Waals surface area contributed by atoms with Crippen molar-refractivity contribution < 1.29 is 9.53 Å². The Kier molecular flexibility index (Phi) is 4.74.